The Bertz CT molecular complexity index is 814. The van der Waals surface area contributed by atoms with Crippen molar-refractivity contribution in [3.63, 3.8) is 0 Å². The number of benzene rings is 2. The number of ether oxygens (including phenoxy) is 1. The van der Waals surface area contributed by atoms with Crippen LogP contribution in [0.2, 0.25) is 0 Å². The minimum absolute atomic E-state index is 0.0427. The van der Waals surface area contributed by atoms with E-state index in [9.17, 15) is 8.78 Å². The van der Waals surface area contributed by atoms with Gasteiger partial charge in [0.05, 0.1) is 17.8 Å². The molecule has 0 atom stereocenters. The average Bonchev–Trinajstić information content (AvgIpc) is 2.77. The maximum Gasteiger partial charge on any atom is 0.206 e. The number of rotatable bonds is 3. The molecular weight excluding hydrogens is 276 g/mol. The lowest BCUT2D eigenvalue weighted by molar-refractivity contribution is 0.185. The summed E-state index contributed by atoms with van der Waals surface area (Å²) in [6, 6.07) is 9.34. The molecule has 4 nitrogen and oxygen atoms in total. The molecule has 0 radical (unpaired) electrons. The first-order chi connectivity index (χ1) is 10.1. The second-order valence-electron chi connectivity index (χ2n) is 4.62. The quantitative estimate of drug-likeness (QED) is 0.806. The van der Waals surface area contributed by atoms with Crippen LogP contribution < -0.4 is 5.73 Å². The van der Waals surface area contributed by atoms with E-state index in [0.29, 0.717) is 12.3 Å². The molecule has 2 aromatic carbocycles. The number of anilines is 1. The molecule has 6 heteroatoms. The van der Waals surface area contributed by atoms with Gasteiger partial charge >= 0.3 is 0 Å². The third-order valence-corrected chi connectivity index (χ3v) is 3.24. The second kappa shape index (κ2) is 5.14. The summed E-state index contributed by atoms with van der Waals surface area (Å²) in [5, 5.41) is 0. The van der Waals surface area contributed by atoms with Gasteiger partial charge in [-0.2, -0.15) is 0 Å². The number of halogens is 2. The summed E-state index contributed by atoms with van der Waals surface area (Å²) in [6.45, 7) is 0.354. The van der Waals surface area contributed by atoms with Gasteiger partial charge in [-0.05, 0) is 6.07 Å². The number of nitrogens with zero attached hydrogens (tertiary/aromatic N) is 2. The highest BCUT2D eigenvalue weighted by molar-refractivity contribution is 5.81. The van der Waals surface area contributed by atoms with Crippen molar-refractivity contribution in [1.82, 2.24) is 9.55 Å². The Morgan fingerprint density at radius 1 is 1.24 bits per heavy atom. The van der Waals surface area contributed by atoms with Crippen LogP contribution in [0, 0.1) is 11.6 Å². The van der Waals surface area contributed by atoms with Gasteiger partial charge in [0.1, 0.15) is 11.3 Å². The number of hydrogen-bond donors (Lipinski definition) is 1. The Hall–Kier alpha value is -2.47. The summed E-state index contributed by atoms with van der Waals surface area (Å²) in [5.41, 5.74) is 7.75. The number of imidazole rings is 1. The zero-order valence-corrected chi connectivity index (χ0v) is 11.3. The van der Waals surface area contributed by atoms with Gasteiger partial charge in [-0.1, -0.05) is 18.2 Å². The Morgan fingerprint density at radius 3 is 2.76 bits per heavy atom. The van der Waals surface area contributed by atoms with E-state index in [2.05, 4.69) is 4.98 Å². The van der Waals surface area contributed by atoms with Gasteiger partial charge in [0, 0.05) is 24.8 Å². The first-order valence-electron chi connectivity index (χ1n) is 6.32. The third kappa shape index (κ3) is 2.23. The minimum Gasteiger partial charge on any atom is -0.380 e. The van der Waals surface area contributed by atoms with Crippen LogP contribution in [0.25, 0.3) is 16.7 Å². The fraction of sp³-hybridized carbons (Fsp3) is 0.133. The molecule has 0 saturated heterocycles. The van der Waals surface area contributed by atoms with Crippen LogP contribution in [0.4, 0.5) is 14.7 Å². The van der Waals surface area contributed by atoms with Crippen molar-refractivity contribution in [3.8, 4) is 5.69 Å². The highest BCUT2D eigenvalue weighted by Crippen LogP contribution is 2.27. The number of methoxy groups -OCH3 is 1. The standard InChI is InChI=1S/C15H13F2N3O/c1-21-8-9-4-2-3-5-12(9)20-13-7-10(16)6-11(17)14(13)19-15(20)18/h2-7H,8H2,1H3,(H2,18,19). The summed E-state index contributed by atoms with van der Waals surface area (Å²) >= 11 is 0. The van der Waals surface area contributed by atoms with E-state index in [1.54, 1.807) is 13.2 Å². The molecule has 0 unspecified atom stereocenters. The van der Waals surface area contributed by atoms with Crippen LogP contribution in [0.5, 0.6) is 0 Å². The maximum absolute atomic E-state index is 13.8. The van der Waals surface area contributed by atoms with E-state index in [0.717, 1.165) is 11.6 Å². The van der Waals surface area contributed by atoms with Gasteiger partial charge in [-0.3, -0.25) is 4.57 Å². The minimum atomic E-state index is -0.736. The number of para-hydroxylation sites is 1. The Labute approximate surface area is 119 Å². The summed E-state index contributed by atoms with van der Waals surface area (Å²) in [5.74, 6) is -1.32. The molecule has 21 heavy (non-hydrogen) atoms. The number of aromatic nitrogens is 2. The van der Waals surface area contributed by atoms with Crippen LogP contribution in [0.1, 0.15) is 5.56 Å². The molecule has 3 aromatic rings. The lowest BCUT2D eigenvalue weighted by Gasteiger charge is -2.12. The topological polar surface area (TPSA) is 53.1 Å². The number of fused-ring (bicyclic) bond motifs is 1. The monoisotopic (exact) mass is 289 g/mol. The second-order valence-corrected chi connectivity index (χ2v) is 4.62. The summed E-state index contributed by atoms with van der Waals surface area (Å²) < 4.78 is 34.0. The highest BCUT2D eigenvalue weighted by Gasteiger charge is 2.16. The molecule has 0 saturated carbocycles. The van der Waals surface area contributed by atoms with Gasteiger partial charge < -0.3 is 10.5 Å². The predicted molar refractivity (Wildman–Crippen MR) is 76.1 cm³/mol. The van der Waals surface area contributed by atoms with E-state index in [1.807, 2.05) is 18.2 Å². The molecule has 1 aromatic heterocycles. The fourth-order valence-electron chi connectivity index (χ4n) is 2.38. The van der Waals surface area contributed by atoms with Crippen molar-refractivity contribution in [2.75, 3.05) is 12.8 Å². The largest absolute Gasteiger partial charge is 0.380 e. The van der Waals surface area contributed by atoms with Crippen molar-refractivity contribution in [1.29, 1.82) is 0 Å². The van der Waals surface area contributed by atoms with Crippen molar-refractivity contribution in [3.05, 3.63) is 53.6 Å². The Kier molecular flexibility index (Phi) is 3.31. The molecule has 0 aliphatic carbocycles. The van der Waals surface area contributed by atoms with Crippen molar-refractivity contribution >= 4 is 17.0 Å². The summed E-state index contributed by atoms with van der Waals surface area (Å²) in [6.07, 6.45) is 0. The van der Waals surface area contributed by atoms with E-state index < -0.39 is 11.6 Å². The van der Waals surface area contributed by atoms with Gasteiger partial charge in [-0.15, -0.1) is 0 Å². The van der Waals surface area contributed by atoms with Crippen LogP contribution in [-0.2, 0) is 11.3 Å². The fourth-order valence-corrected chi connectivity index (χ4v) is 2.38. The Morgan fingerprint density at radius 2 is 2.00 bits per heavy atom. The van der Waals surface area contributed by atoms with Crippen LogP contribution in [-0.4, -0.2) is 16.7 Å². The van der Waals surface area contributed by atoms with E-state index in [-0.39, 0.29) is 17.0 Å². The first kappa shape index (κ1) is 13.5. The zero-order valence-electron chi connectivity index (χ0n) is 11.3. The molecule has 2 N–H and O–H groups in total. The zero-order chi connectivity index (χ0) is 15.0. The van der Waals surface area contributed by atoms with Crippen LogP contribution in [0.15, 0.2) is 36.4 Å². The number of hydrogen-bond acceptors (Lipinski definition) is 3. The average molecular weight is 289 g/mol. The molecule has 0 amide bonds. The van der Waals surface area contributed by atoms with Crippen molar-refractivity contribution in [2.45, 2.75) is 6.61 Å². The molecule has 1 heterocycles. The number of nitrogen functional groups attached to an aromatic ring is 1. The van der Waals surface area contributed by atoms with Crippen molar-refractivity contribution < 1.29 is 13.5 Å². The SMILES string of the molecule is COCc1ccccc1-n1c(N)nc2c(F)cc(F)cc21. The summed E-state index contributed by atoms with van der Waals surface area (Å²) in [7, 11) is 1.57. The number of nitrogens with two attached hydrogens (primary N) is 1. The highest BCUT2D eigenvalue weighted by atomic mass is 19.1. The normalized spacial score (nSPS) is 11.2. The molecule has 0 fully saturated rings. The lowest BCUT2D eigenvalue weighted by atomic mass is 10.2. The van der Waals surface area contributed by atoms with Gasteiger partial charge in [0.2, 0.25) is 5.95 Å². The van der Waals surface area contributed by atoms with E-state index in [4.69, 9.17) is 10.5 Å². The molecule has 0 aliphatic heterocycles. The summed E-state index contributed by atoms with van der Waals surface area (Å²) in [4.78, 5) is 3.99. The van der Waals surface area contributed by atoms with Gasteiger partial charge in [-0.25, -0.2) is 13.8 Å². The lowest BCUT2D eigenvalue weighted by Crippen LogP contribution is -2.04. The Balaban J connectivity index is 2.33. The smallest absolute Gasteiger partial charge is 0.206 e. The molecule has 0 bridgehead atoms. The van der Waals surface area contributed by atoms with E-state index >= 15 is 0 Å². The molecule has 3 rings (SSSR count). The van der Waals surface area contributed by atoms with Crippen LogP contribution >= 0.6 is 0 Å². The van der Waals surface area contributed by atoms with E-state index in [1.165, 1.54) is 10.6 Å². The molecule has 0 spiro atoms. The van der Waals surface area contributed by atoms with Gasteiger partial charge in [0.15, 0.2) is 5.82 Å². The first-order valence-corrected chi connectivity index (χ1v) is 6.32. The van der Waals surface area contributed by atoms with Gasteiger partial charge in [0.25, 0.3) is 0 Å². The third-order valence-electron chi connectivity index (χ3n) is 3.24. The molecule has 108 valence electrons. The van der Waals surface area contributed by atoms with Crippen LogP contribution in [0.3, 0.4) is 0 Å². The molecular formula is C15H13F2N3O. The molecule has 0 aliphatic rings. The maximum atomic E-state index is 13.8. The predicted octanol–water partition coefficient (Wildman–Crippen LogP) is 3.03. The van der Waals surface area contributed by atoms with Crippen molar-refractivity contribution in [2.24, 2.45) is 0 Å².